The number of Topliss-reactive ketones (excluding diaryl/α,β-unsaturated/α-hetero) is 1. The molecule has 270 valence electrons. The van der Waals surface area contributed by atoms with Gasteiger partial charge in [0.2, 0.25) is 11.7 Å². The highest BCUT2D eigenvalue weighted by Crippen LogP contribution is 2.29. The summed E-state index contributed by atoms with van der Waals surface area (Å²) in [6.07, 6.45) is 2.16. The van der Waals surface area contributed by atoms with E-state index in [1.807, 2.05) is 0 Å². The zero-order chi connectivity index (χ0) is 36.2. The maximum atomic E-state index is 13.8. The fourth-order valence-electron chi connectivity index (χ4n) is 5.50. The van der Waals surface area contributed by atoms with Gasteiger partial charge in [-0.1, -0.05) is 18.7 Å². The van der Waals surface area contributed by atoms with Crippen molar-refractivity contribution in [1.82, 2.24) is 9.80 Å². The van der Waals surface area contributed by atoms with Gasteiger partial charge < -0.3 is 29.2 Å². The van der Waals surface area contributed by atoms with Crippen LogP contribution in [-0.4, -0.2) is 103 Å². The van der Waals surface area contributed by atoms with E-state index in [1.165, 1.54) is 18.7 Å². The van der Waals surface area contributed by atoms with Crippen LogP contribution in [0.25, 0.3) is 0 Å². The van der Waals surface area contributed by atoms with Gasteiger partial charge in [0.15, 0.2) is 0 Å². The summed E-state index contributed by atoms with van der Waals surface area (Å²) in [6, 6.07) is 6.00. The number of hydrogen-bond donors (Lipinski definition) is 1. The second-order valence-corrected chi connectivity index (χ2v) is 14.0. The number of morpholine rings is 1. The predicted octanol–water partition coefficient (Wildman–Crippen LogP) is 3.76. The lowest BCUT2D eigenvalue weighted by Crippen LogP contribution is -2.53. The van der Waals surface area contributed by atoms with Gasteiger partial charge in [0.1, 0.15) is 24.4 Å². The highest BCUT2D eigenvalue weighted by molar-refractivity contribution is 6.38. The highest BCUT2D eigenvalue weighted by Gasteiger charge is 2.42. The number of carbonyl (C=O) groups is 6. The molecule has 2 amide bonds. The van der Waals surface area contributed by atoms with Crippen LogP contribution in [0, 0.1) is 5.41 Å². The van der Waals surface area contributed by atoms with Crippen molar-refractivity contribution in [3.05, 3.63) is 42.5 Å². The lowest BCUT2D eigenvalue weighted by atomic mass is 9.87. The summed E-state index contributed by atoms with van der Waals surface area (Å²) in [5, 5.41) is 2.81. The summed E-state index contributed by atoms with van der Waals surface area (Å²) in [4.78, 5) is 80.4. The molecule has 2 fully saturated rings. The fraction of sp³-hybridized carbons (Fsp3) is 0.611. The van der Waals surface area contributed by atoms with Crippen molar-refractivity contribution in [2.24, 2.45) is 5.41 Å². The minimum atomic E-state index is -1.32. The van der Waals surface area contributed by atoms with Crippen LogP contribution in [0.15, 0.2) is 36.9 Å². The standard InChI is InChI=1S/C36H51N3O10/c1-7-30(41)47-24-36(5,6)32(43)33(44)39-17-9-8-13-27(39)34(45)48-28(16-18-38-19-21-46-22-20-38)25-11-10-12-26(23-25)37-29(40)14-15-31(42)49-35(2,3)4/h7,10-12,23,27-28H,1,8-9,13-22,24H2,2-6H3,(H,37,40)/t27-,28+/m0/s1. The number of amides is 2. The van der Waals surface area contributed by atoms with E-state index >= 15 is 0 Å². The first kappa shape index (κ1) is 39.3. The van der Waals surface area contributed by atoms with E-state index in [0.717, 1.165) is 19.2 Å². The second-order valence-electron chi connectivity index (χ2n) is 14.0. The number of benzene rings is 1. The number of nitrogens with zero attached hydrogens (tertiary/aromatic N) is 2. The molecule has 0 aliphatic carbocycles. The van der Waals surface area contributed by atoms with Crippen molar-refractivity contribution < 1.29 is 47.7 Å². The topological polar surface area (TPSA) is 158 Å². The molecular formula is C36H51N3O10. The third-order valence-corrected chi connectivity index (χ3v) is 8.17. The number of esters is 3. The summed E-state index contributed by atoms with van der Waals surface area (Å²) in [6.45, 7) is 14.8. The summed E-state index contributed by atoms with van der Waals surface area (Å²) in [5.74, 6) is -3.78. The Bertz CT molecular complexity index is 1360. The molecule has 1 aromatic carbocycles. The highest BCUT2D eigenvalue weighted by atomic mass is 16.6. The molecule has 1 N–H and O–H groups in total. The number of hydrogen-bond acceptors (Lipinski definition) is 11. The molecule has 2 aliphatic rings. The molecule has 13 nitrogen and oxygen atoms in total. The maximum Gasteiger partial charge on any atom is 0.330 e. The van der Waals surface area contributed by atoms with Gasteiger partial charge in [-0.2, -0.15) is 0 Å². The summed E-state index contributed by atoms with van der Waals surface area (Å²) >= 11 is 0. The Labute approximate surface area is 288 Å². The number of likely N-dealkylation sites (tertiary alicyclic amines) is 1. The van der Waals surface area contributed by atoms with E-state index in [0.29, 0.717) is 56.7 Å². The zero-order valence-electron chi connectivity index (χ0n) is 29.4. The number of piperidine rings is 1. The SMILES string of the molecule is C=CC(=O)OCC(C)(C)C(=O)C(=O)N1CCCC[C@H]1C(=O)O[C@H](CCN1CCOCC1)c1cccc(NC(=O)CCC(=O)OC(C)(C)C)c1. The first-order valence-electron chi connectivity index (χ1n) is 16.9. The molecule has 2 atom stereocenters. The largest absolute Gasteiger partial charge is 0.461 e. The van der Waals surface area contributed by atoms with Gasteiger partial charge in [0.05, 0.1) is 25.0 Å². The van der Waals surface area contributed by atoms with Crippen molar-refractivity contribution in [2.75, 3.05) is 51.3 Å². The maximum absolute atomic E-state index is 13.8. The van der Waals surface area contributed by atoms with Gasteiger partial charge in [-0.25, -0.2) is 9.59 Å². The second kappa shape index (κ2) is 18.1. The summed E-state index contributed by atoms with van der Waals surface area (Å²) < 4.78 is 21.9. The lowest BCUT2D eigenvalue weighted by Gasteiger charge is -2.36. The Hall–Kier alpha value is -4.10. The van der Waals surface area contributed by atoms with Crippen molar-refractivity contribution >= 4 is 41.2 Å². The van der Waals surface area contributed by atoms with Gasteiger partial charge in [0.25, 0.3) is 5.91 Å². The minimum absolute atomic E-state index is 0.0632. The smallest absolute Gasteiger partial charge is 0.330 e. The molecule has 49 heavy (non-hydrogen) atoms. The van der Waals surface area contributed by atoms with Crippen LogP contribution in [0.1, 0.15) is 84.8 Å². The lowest BCUT2D eigenvalue weighted by molar-refractivity contribution is -0.165. The number of ketones is 1. The third-order valence-electron chi connectivity index (χ3n) is 8.17. The van der Waals surface area contributed by atoms with E-state index in [4.69, 9.17) is 18.9 Å². The minimum Gasteiger partial charge on any atom is -0.461 e. The molecule has 0 aromatic heterocycles. The van der Waals surface area contributed by atoms with Crippen molar-refractivity contribution in [3.63, 3.8) is 0 Å². The van der Waals surface area contributed by atoms with Crippen LogP contribution >= 0.6 is 0 Å². The van der Waals surface area contributed by atoms with Crippen LogP contribution in [0.3, 0.4) is 0 Å². The van der Waals surface area contributed by atoms with Crippen LogP contribution in [-0.2, 0) is 47.7 Å². The van der Waals surface area contributed by atoms with Crippen LogP contribution in [0.2, 0.25) is 0 Å². The van der Waals surface area contributed by atoms with E-state index in [-0.39, 0.29) is 31.9 Å². The fourth-order valence-corrected chi connectivity index (χ4v) is 5.50. The first-order chi connectivity index (χ1) is 23.1. The Kier molecular flexibility index (Phi) is 14.5. The van der Waals surface area contributed by atoms with Gasteiger partial charge in [-0.3, -0.25) is 24.1 Å². The van der Waals surface area contributed by atoms with Gasteiger partial charge in [0, 0.05) is 50.8 Å². The Balaban J connectivity index is 1.75. The van der Waals surface area contributed by atoms with Crippen LogP contribution in [0.5, 0.6) is 0 Å². The molecule has 2 heterocycles. The molecule has 2 aliphatic heterocycles. The van der Waals surface area contributed by atoms with Gasteiger partial charge in [-0.05, 0) is 71.6 Å². The number of carbonyl (C=O) groups excluding carboxylic acids is 6. The average Bonchev–Trinajstić information content (AvgIpc) is 3.07. The van der Waals surface area contributed by atoms with Crippen molar-refractivity contribution in [1.29, 1.82) is 0 Å². The Morgan fingerprint density at radius 3 is 2.41 bits per heavy atom. The van der Waals surface area contributed by atoms with E-state index in [9.17, 15) is 28.8 Å². The predicted molar refractivity (Wildman–Crippen MR) is 180 cm³/mol. The monoisotopic (exact) mass is 685 g/mol. The molecule has 13 heteroatoms. The summed E-state index contributed by atoms with van der Waals surface area (Å²) in [7, 11) is 0. The Morgan fingerprint density at radius 1 is 1.02 bits per heavy atom. The summed E-state index contributed by atoms with van der Waals surface area (Å²) in [5.41, 5.74) is -0.855. The zero-order valence-corrected chi connectivity index (χ0v) is 29.4. The van der Waals surface area contributed by atoms with Crippen LogP contribution in [0.4, 0.5) is 5.69 Å². The molecule has 0 bridgehead atoms. The van der Waals surface area contributed by atoms with Crippen molar-refractivity contribution in [3.8, 4) is 0 Å². The van der Waals surface area contributed by atoms with Crippen molar-refractivity contribution in [2.45, 2.75) is 90.9 Å². The van der Waals surface area contributed by atoms with Gasteiger partial charge >= 0.3 is 17.9 Å². The molecule has 0 radical (unpaired) electrons. The molecular weight excluding hydrogens is 634 g/mol. The van der Waals surface area contributed by atoms with E-state index < -0.39 is 52.8 Å². The molecule has 0 unspecified atom stereocenters. The first-order valence-corrected chi connectivity index (χ1v) is 16.9. The van der Waals surface area contributed by atoms with E-state index in [2.05, 4.69) is 16.8 Å². The number of nitrogens with one attached hydrogen (secondary N) is 1. The molecule has 2 saturated heterocycles. The quantitative estimate of drug-likeness (QED) is 0.124. The Morgan fingerprint density at radius 2 is 1.73 bits per heavy atom. The number of anilines is 1. The third kappa shape index (κ3) is 12.7. The average molecular weight is 686 g/mol. The molecule has 0 spiro atoms. The number of rotatable bonds is 15. The van der Waals surface area contributed by atoms with E-state index in [1.54, 1.807) is 45.0 Å². The number of ether oxygens (including phenoxy) is 4. The molecule has 3 rings (SSSR count). The normalized spacial score (nSPS) is 17.7. The molecule has 1 aromatic rings. The molecule has 0 saturated carbocycles. The van der Waals surface area contributed by atoms with Crippen LogP contribution < -0.4 is 5.32 Å². The van der Waals surface area contributed by atoms with Gasteiger partial charge in [-0.15, -0.1) is 0 Å².